The van der Waals surface area contributed by atoms with Gasteiger partial charge >= 0.3 is 0 Å². The maximum absolute atomic E-state index is 13.1. The number of amides is 2. The zero-order valence-corrected chi connectivity index (χ0v) is 12.7. The van der Waals surface area contributed by atoms with E-state index >= 15 is 0 Å². The van der Waals surface area contributed by atoms with Gasteiger partial charge in [0.05, 0.1) is 24.8 Å². The monoisotopic (exact) mass is 326 g/mol. The summed E-state index contributed by atoms with van der Waals surface area (Å²) in [6, 6.07) is 12.0. The maximum Gasteiger partial charge on any atom is 0.265 e. The second-order valence-corrected chi connectivity index (χ2v) is 5.30. The van der Waals surface area contributed by atoms with Crippen LogP contribution in [0, 0.1) is 5.82 Å². The van der Waals surface area contributed by atoms with E-state index in [1.54, 1.807) is 24.3 Å². The molecule has 1 aliphatic heterocycles. The molecule has 0 spiro atoms. The largest absolute Gasteiger partial charge is 0.394 e. The van der Waals surface area contributed by atoms with Crippen molar-refractivity contribution in [2.75, 3.05) is 18.1 Å². The molecular formula is C18H15FN2O3. The molecule has 1 atom stereocenters. The van der Waals surface area contributed by atoms with Crippen molar-refractivity contribution in [2.45, 2.75) is 5.92 Å². The van der Waals surface area contributed by atoms with Crippen LogP contribution in [0.2, 0.25) is 0 Å². The van der Waals surface area contributed by atoms with Crippen LogP contribution in [0.15, 0.2) is 53.5 Å². The summed E-state index contributed by atoms with van der Waals surface area (Å²) in [6.45, 7) is 0.0517. The van der Waals surface area contributed by atoms with Crippen LogP contribution in [-0.2, 0) is 4.79 Å². The van der Waals surface area contributed by atoms with Crippen LogP contribution in [0.1, 0.15) is 21.8 Å². The van der Waals surface area contributed by atoms with E-state index in [9.17, 15) is 14.0 Å². The molecule has 0 aliphatic carbocycles. The Balaban J connectivity index is 2.07. The first-order valence-corrected chi connectivity index (χ1v) is 7.47. The van der Waals surface area contributed by atoms with Gasteiger partial charge in [-0.1, -0.05) is 18.2 Å². The highest BCUT2D eigenvalue weighted by molar-refractivity contribution is 6.29. The lowest BCUT2D eigenvalue weighted by atomic mass is 9.89. The van der Waals surface area contributed by atoms with Crippen molar-refractivity contribution in [1.82, 2.24) is 0 Å². The minimum absolute atomic E-state index is 0.125. The van der Waals surface area contributed by atoms with E-state index in [4.69, 9.17) is 5.11 Å². The van der Waals surface area contributed by atoms with Gasteiger partial charge in [0.25, 0.3) is 5.91 Å². The van der Waals surface area contributed by atoms with E-state index < -0.39 is 23.5 Å². The first-order valence-electron chi connectivity index (χ1n) is 7.47. The quantitative estimate of drug-likeness (QED) is 0.691. The third kappa shape index (κ3) is 2.83. The predicted molar refractivity (Wildman–Crippen MR) is 87.8 cm³/mol. The van der Waals surface area contributed by atoms with Crippen LogP contribution in [0.4, 0.5) is 10.1 Å². The first-order chi connectivity index (χ1) is 11.6. The molecule has 0 fully saturated rings. The highest BCUT2D eigenvalue weighted by Crippen LogP contribution is 2.31. The molecule has 0 saturated heterocycles. The fraction of sp³-hybridized carbons (Fsp3) is 0.167. The summed E-state index contributed by atoms with van der Waals surface area (Å²) in [7, 11) is 0. The number of anilines is 1. The molecule has 0 bridgehead atoms. The van der Waals surface area contributed by atoms with Gasteiger partial charge in [-0.25, -0.2) is 9.29 Å². The number of hydrogen-bond acceptors (Lipinski definition) is 4. The number of imide groups is 1. The minimum atomic E-state index is -0.726. The van der Waals surface area contributed by atoms with Crippen LogP contribution in [-0.4, -0.2) is 36.3 Å². The van der Waals surface area contributed by atoms with Crippen molar-refractivity contribution in [1.29, 1.82) is 0 Å². The summed E-state index contributed by atoms with van der Waals surface area (Å²) in [5, 5.41) is 8.86. The van der Waals surface area contributed by atoms with Crippen molar-refractivity contribution in [3.63, 3.8) is 0 Å². The average Bonchev–Trinajstić information content (AvgIpc) is 2.60. The summed E-state index contributed by atoms with van der Waals surface area (Å²) in [5.74, 6) is -2.08. The van der Waals surface area contributed by atoms with Crippen LogP contribution in [0.3, 0.4) is 0 Å². The number of benzene rings is 2. The molecule has 2 aromatic rings. The van der Waals surface area contributed by atoms with Crippen molar-refractivity contribution < 1.29 is 19.1 Å². The SMILES string of the molecule is O=C1c2ccccc2[C@@H](C=NCCO)C(=O)N1c1ccc(F)cc1. The van der Waals surface area contributed by atoms with Gasteiger partial charge in [-0.2, -0.15) is 0 Å². The molecule has 1 aliphatic rings. The fourth-order valence-corrected chi connectivity index (χ4v) is 2.67. The highest BCUT2D eigenvalue weighted by atomic mass is 19.1. The maximum atomic E-state index is 13.1. The lowest BCUT2D eigenvalue weighted by Gasteiger charge is -2.30. The smallest absolute Gasteiger partial charge is 0.265 e. The normalized spacial score (nSPS) is 17.4. The van der Waals surface area contributed by atoms with Gasteiger partial charge in [-0.3, -0.25) is 14.6 Å². The summed E-state index contributed by atoms with van der Waals surface area (Å²) < 4.78 is 13.1. The zero-order valence-electron chi connectivity index (χ0n) is 12.7. The van der Waals surface area contributed by atoms with Crippen LogP contribution >= 0.6 is 0 Å². The van der Waals surface area contributed by atoms with E-state index in [1.165, 1.54) is 30.5 Å². The number of rotatable bonds is 4. The molecule has 122 valence electrons. The number of aliphatic hydroxyl groups excluding tert-OH is 1. The fourth-order valence-electron chi connectivity index (χ4n) is 2.67. The van der Waals surface area contributed by atoms with E-state index in [0.717, 1.165) is 4.90 Å². The van der Waals surface area contributed by atoms with Crippen molar-refractivity contribution in [2.24, 2.45) is 4.99 Å². The van der Waals surface area contributed by atoms with Gasteiger partial charge in [0, 0.05) is 11.8 Å². The zero-order chi connectivity index (χ0) is 17.1. The standard InChI is InChI=1S/C18H15FN2O3/c19-12-5-7-13(8-6-12)21-17(23)15-4-2-1-3-14(15)16(18(21)24)11-20-9-10-22/h1-8,11,16,22H,9-10H2/t16-/m1/s1. The predicted octanol–water partition coefficient (Wildman–Crippen LogP) is 2.16. The van der Waals surface area contributed by atoms with E-state index in [2.05, 4.69) is 4.99 Å². The minimum Gasteiger partial charge on any atom is -0.394 e. The van der Waals surface area contributed by atoms with Gasteiger partial charge in [0.1, 0.15) is 5.82 Å². The van der Waals surface area contributed by atoms with Gasteiger partial charge in [0.2, 0.25) is 5.91 Å². The Bertz CT molecular complexity index is 802. The molecule has 0 unspecified atom stereocenters. The number of halogens is 1. The molecule has 3 rings (SSSR count). The Kier molecular flexibility index (Phi) is 4.48. The summed E-state index contributed by atoms with van der Waals surface area (Å²) in [5.41, 5.74) is 1.29. The van der Waals surface area contributed by atoms with Gasteiger partial charge in [-0.15, -0.1) is 0 Å². The topological polar surface area (TPSA) is 70.0 Å². The Morgan fingerprint density at radius 1 is 1.12 bits per heavy atom. The molecule has 0 radical (unpaired) electrons. The number of nitrogens with zero attached hydrogens (tertiary/aromatic N) is 2. The number of fused-ring (bicyclic) bond motifs is 1. The molecule has 1 N–H and O–H groups in total. The van der Waals surface area contributed by atoms with Gasteiger partial charge in [-0.05, 0) is 35.9 Å². The number of aliphatic imine (C=N–C) groups is 1. The Morgan fingerprint density at radius 2 is 1.83 bits per heavy atom. The third-order valence-electron chi connectivity index (χ3n) is 3.78. The second-order valence-electron chi connectivity index (χ2n) is 5.30. The Labute approximate surface area is 138 Å². The molecule has 1 heterocycles. The van der Waals surface area contributed by atoms with E-state index in [1.807, 2.05) is 0 Å². The number of aliphatic hydroxyl groups is 1. The molecule has 24 heavy (non-hydrogen) atoms. The Morgan fingerprint density at radius 3 is 2.54 bits per heavy atom. The molecule has 2 aromatic carbocycles. The lowest BCUT2D eigenvalue weighted by Crippen LogP contribution is -2.45. The molecule has 2 amide bonds. The molecular weight excluding hydrogens is 311 g/mol. The number of carbonyl (C=O) groups is 2. The van der Waals surface area contributed by atoms with Gasteiger partial charge < -0.3 is 5.11 Å². The highest BCUT2D eigenvalue weighted by Gasteiger charge is 2.38. The third-order valence-corrected chi connectivity index (χ3v) is 3.78. The summed E-state index contributed by atoms with van der Waals surface area (Å²) >= 11 is 0. The second kappa shape index (κ2) is 6.72. The molecule has 5 nitrogen and oxygen atoms in total. The van der Waals surface area contributed by atoms with Crippen LogP contribution < -0.4 is 4.90 Å². The molecule has 0 saturated carbocycles. The lowest BCUT2D eigenvalue weighted by molar-refractivity contribution is -0.118. The van der Waals surface area contributed by atoms with Crippen molar-refractivity contribution in [3.8, 4) is 0 Å². The summed E-state index contributed by atoms with van der Waals surface area (Å²) in [6.07, 6.45) is 1.44. The van der Waals surface area contributed by atoms with Gasteiger partial charge in [0.15, 0.2) is 0 Å². The van der Waals surface area contributed by atoms with Crippen molar-refractivity contribution in [3.05, 3.63) is 65.5 Å². The number of hydrogen-bond donors (Lipinski definition) is 1. The van der Waals surface area contributed by atoms with Crippen LogP contribution in [0.25, 0.3) is 0 Å². The molecule has 6 heteroatoms. The first kappa shape index (κ1) is 16.0. The van der Waals surface area contributed by atoms with Crippen LogP contribution in [0.5, 0.6) is 0 Å². The van der Waals surface area contributed by atoms with Crippen molar-refractivity contribution >= 4 is 23.7 Å². The molecule has 0 aromatic heterocycles. The van der Waals surface area contributed by atoms with E-state index in [-0.39, 0.29) is 13.2 Å². The average molecular weight is 326 g/mol. The summed E-state index contributed by atoms with van der Waals surface area (Å²) in [4.78, 5) is 30.6. The Hall–Kier alpha value is -2.86. The van der Waals surface area contributed by atoms with E-state index in [0.29, 0.717) is 16.8 Å². The number of carbonyl (C=O) groups excluding carboxylic acids is 2.